The second-order valence-electron chi connectivity index (χ2n) is 16.3. The van der Waals surface area contributed by atoms with Crippen LogP contribution in [0.25, 0.3) is 22.1 Å². The molecule has 0 radical (unpaired) electrons. The molecule has 0 bridgehead atoms. The van der Waals surface area contributed by atoms with Gasteiger partial charge in [0.15, 0.2) is 13.2 Å². The molecule has 6 rings (SSSR count). The van der Waals surface area contributed by atoms with Crippen molar-refractivity contribution in [3.8, 4) is 11.5 Å². The molecule has 25 heteroatoms. The zero-order valence-corrected chi connectivity index (χ0v) is 41.7. The molecule has 0 saturated heterocycles. The highest BCUT2D eigenvalue weighted by atomic mass is 32.2. The molecule has 4 heterocycles. The number of carbonyl (C=O) groups excluding carboxylic acids is 3. The molecule has 2 unspecified atom stereocenters. The molecular formula is C47H52F6N8O9S2. The smallest absolute Gasteiger partial charge is 0.484 e. The first kappa shape index (κ1) is 54.7. The number of nitrogens with zero attached hydrogens (tertiary/aromatic N) is 8. The van der Waals surface area contributed by atoms with Gasteiger partial charge in [0.25, 0.3) is 0 Å². The summed E-state index contributed by atoms with van der Waals surface area (Å²) < 4.78 is 128. The van der Waals surface area contributed by atoms with Gasteiger partial charge < -0.3 is 28.7 Å². The zero-order chi connectivity index (χ0) is 52.5. The van der Waals surface area contributed by atoms with Crippen molar-refractivity contribution in [3.63, 3.8) is 0 Å². The molecule has 0 spiro atoms. The topological polar surface area (TPSA) is 190 Å². The number of ether oxygens (including phenoxy) is 4. The molecule has 0 saturated carbocycles. The van der Waals surface area contributed by atoms with Crippen LogP contribution in [0.1, 0.15) is 60.3 Å². The summed E-state index contributed by atoms with van der Waals surface area (Å²) in [5.41, 5.74) is 3.92. The highest BCUT2D eigenvalue weighted by Crippen LogP contribution is 2.30. The Morgan fingerprint density at radius 3 is 1.36 bits per heavy atom. The molecule has 2 aromatic carbocycles. The standard InChI is InChI=1S/C47H52F6N8O9S2/c1-7-58(43(62)60-35-15-9-13-29(3)39(35)56-41(60)71(65)25-33-31(5)37(17-19-54-33)69-27-46(48,49)50)21-11-23-67-45(64)68-24-12-22-59(8-2)44(63)61-36-16-10-14-30(4)40(36)57-42(61)72(66)26-34-32(6)38(18-20-55-34)70-28-47(51,52)53/h9-10,13-20H,7-8,11-12,21-28H2,1-6H3. The van der Waals surface area contributed by atoms with Crippen LogP contribution in [0, 0.1) is 27.7 Å². The molecule has 6 aromatic rings. The van der Waals surface area contributed by atoms with Crippen molar-refractivity contribution in [1.82, 2.24) is 38.9 Å². The van der Waals surface area contributed by atoms with Crippen LogP contribution < -0.4 is 9.47 Å². The summed E-state index contributed by atoms with van der Waals surface area (Å²) in [5.74, 6) is -0.711. The van der Waals surface area contributed by atoms with Gasteiger partial charge >= 0.3 is 30.6 Å². The van der Waals surface area contributed by atoms with E-state index < -0.39 is 65.4 Å². The third kappa shape index (κ3) is 13.5. The minimum Gasteiger partial charge on any atom is -0.484 e. The second-order valence-corrected chi connectivity index (χ2v) is 19.0. The van der Waals surface area contributed by atoms with Crippen molar-refractivity contribution in [3.05, 3.63) is 94.6 Å². The van der Waals surface area contributed by atoms with Crippen molar-refractivity contribution in [1.29, 1.82) is 0 Å². The summed E-state index contributed by atoms with van der Waals surface area (Å²) in [7, 11) is -4.02. The van der Waals surface area contributed by atoms with Gasteiger partial charge in [0.2, 0.25) is 10.3 Å². The van der Waals surface area contributed by atoms with E-state index in [2.05, 4.69) is 19.9 Å². The Kier molecular flexibility index (Phi) is 18.0. The fourth-order valence-corrected chi connectivity index (χ4v) is 9.94. The SMILES string of the molecule is CCN(CCCOC(=O)OCCCN(CC)C(=O)n1c(S(=O)Cc2nccc(OCC(F)(F)F)c2C)nc2c(C)cccc21)C(=O)n1c(S(=O)Cc2nccc(OCC(F)(F)F)c2C)nc2c(C)cccc21. The van der Waals surface area contributed by atoms with E-state index in [1.807, 2.05) is 0 Å². The molecule has 0 aliphatic carbocycles. The van der Waals surface area contributed by atoms with E-state index in [4.69, 9.17) is 18.9 Å². The van der Waals surface area contributed by atoms with Gasteiger partial charge in [0, 0.05) is 49.7 Å². The number of aryl methyl sites for hydroxylation is 2. The molecule has 0 aliphatic rings. The number of halogens is 6. The molecule has 72 heavy (non-hydrogen) atoms. The number of carbonyl (C=O) groups is 3. The molecule has 17 nitrogen and oxygen atoms in total. The molecule has 2 amide bonds. The van der Waals surface area contributed by atoms with Crippen LogP contribution >= 0.6 is 0 Å². The van der Waals surface area contributed by atoms with Gasteiger partial charge in [0.1, 0.15) is 11.5 Å². The average Bonchev–Trinajstić information content (AvgIpc) is 3.93. The maximum absolute atomic E-state index is 14.2. The summed E-state index contributed by atoms with van der Waals surface area (Å²) >= 11 is 0. The van der Waals surface area contributed by atoms with Crippen molar-refractivity contribution < 1.29 is 68.1 Å². The monoisotopic (exact) mass is 1050 g/mol. The summed E-state index contributed by atoms with van der Waals surface area (Å²) in [6, 6.07) is 11.7. The Labute approximate surface area is 414 Å². The third-order valence-corrected chi connectivity index (χ3v) is 13.7. The van der Waals surface area contributed by atoms with E-state index >= 15 is 0 Å². The minimum atomic E-state index is -4.57. The molecular weight excluding hydrogens is 999 g/mol. The Morgan fingerprint density at radius 1 is 0.611 bits per heavy atom. The summed E-state index contributed by atoms with van der Waals surface area (Å²) in [6.45, 7) is 7.29. The number of fused-ring (bicyclic) bond motifs is 2. The Morgan fingerprint density at radius 2 is 1.00 bits per heavy atom. The first-order valence-electron chi connectivity index (χ1n) is 22.5. The quantitative estimate of drug-likeness (QED) is 0.0400. The predicted molar refractivity (Wildman–Crippen MR) is 253 cm³/mol. The van der Waals surface area contributed by atoms with Crippen LogP contribution in [0.15, 0.2) is 71.2 Å². The summed E-state index contributed by atoms with van der Waals surface area (Å²) in [5, 5.41) is -0.183. The summed E-state index contributed by atoms with van der Waals surface area (Å²) in [6.07, 6.45) is -7.28. The second kappa shape index (κ2) is 23.7. The number of hydrogen-bond donors (Lipinski definition) is 0. The third-order valence-electron chi connectivity index (χ3n) is 11.2. The number of imidazole rings is 2. The maximum Gasteiger partial charge on any atom is 0.508 e. The van der Waals surface area contributed by atoms with E-state index in [1.54, 1.807) is 64.1 Å². The number of amides is 2. The van der Waals surface area contributed by atoms with Crippen LogP contribution in [-0.2, 0) is 42.6 Å². The van der Waals surface area contributed by atoms with E-state index in [-0.39, 0.29) is 108 Å². The lowest BCUT2D eigenvalue weighted by Gasteiger charge is -2.22. The van der Waals surface area contributed by atoms with Gasteiger partial charge in [-0.3, -0.25) is 18.4 Å². The van der Waals surface area contributed by atoms with Crippen LogP contribution in [0.3, 0.4) is 0 Å². The van der Waals surface area contributed by atoms with E-state index in [0.29, 0.717) is 33.2 Å². The van der Waals surface area contributed by atoms with Crippen molar-refractivity contribution in [2.75, 3.05) is 52.6 Å². The predicted octanol–water partition coefficient (Wildman–Crippen LogP) is 9.12. The number of hydrogen-bond acceptors (Lipinski definition) is 13. The number of rotatable bonds is 20. The number of pyridine rings is 2. The molecule has 2 atom stereocenters. The van der Waals surface area contributed by atoms with Gasteiger partial charge in [-0.1, -0.05) is 24.3 Å². The maximum atomic E-state index is 14.2. The average molecular weight is 1050 g/mol. The first-order valence-corrected chi connectivity index (χ1v) is 25.1. The largest absolute Gasteiger partial charge is 0.508 e. The number of benzene rings is 2. The molecule has 0 fully saturated rings. The van der Waals surface area contributed by atoms with Crippen LogP contribution in [0.5, 0.6) is 11.5 Å². The van der Waals surface area contributed by atoms with Gasteiger partial charge in [-0.05, 0) is 89.8 Å². The minimum absolute atomic E-state index is 0.0755. The molecule has 0 N–H and O–H groups in total. The molecule has 4 aromatic heterocycles. The normalized spacial score (nSPS) is 12.7. The van der Waals surface area contributed by atoms with Gasteiger partial charge in [0.05, 0.1) is 79.8 Å². The van der Waals surface area contributed by atoms with Crippen LogP contribution in [-0.4, -0.2) is 130 Å². The van der Waals surface area contributed by atoms with Gasteiger partial charge in [-0.25, -0.2) is 33.5 Å². The van der Waals surface area contributed by atoms with Crippen molar-refractivity contribution in [2.24, 2.45) is 0 Å². The number of para-hydroxylation sites is 2. The van der Waals surface area contributed by atoms with Crippen molar-refractivity contribution >= 4 is 61.9 Å². The number of aromatic nitrogens is 6. The Bertz CT molecular complexity index is 2790. The number of alkyl halides is 6. The summed E-state index contributed by atoms with van der Waals surface area (Å²) in [4.78, 5) is 61.4. The zero-order valence-electron chi connectivity index (χ0n) is 40.1. The lowest BCUT2D eigenvalue weighted by atomic mass is 10.2. The molecule has 388 valence electrons. The highest BCUT2D eigenvalue weighted by Gasteiger charge is 2.32. The first-order chi connectivity index (χ1) is 34.1. The fraction of sp³-hybridized carbons (Fsp3) is 0.426. The van der Waals surface area contributed by atoms with Crippen molar-refractivity contribution in [2.45, 2.75) is 88.6 Å². The molecule has 0 aliphatic heterocycles. The van der Waals surface area contributed by atoms with E-state index in [9.17, 15) is 49.1 Å². The van der Waals surface area contributed by atoms with Gasteiger partial charge in [-0.2, -0.15) is 26.3 Å². The van der Waals surface area contributed by atoms with E-state index in [0.717, 1.165) is 0 Å². The van der Waals surface area contributed by atoms with Gasteiger partial charge in [-0.15, -0.1) is 0 Å². The Balaban J connectivity index is 1.04. The lowest BCUT2D eigenvalue weighted by Crippen LogP contribution is -2.37. The van der Waals surface area contributed by atoms with Crippen LogP contribution in [0.4, 0.5) is 40.7 Å². The Hall–Kier alpha value is -6.63. The van der Waals surface area contributed by atoms with Crippen LogP contribution in [0.2, 0.25) is 0 Å². The lowest BCUT2D eigenvalue weighted by molar-refractivity contribution is -0.154. The highest BCUT2D eigenvalue weighted by molar-refractivity contribution is 7.84. The fourth-order valence-electron chi connectivity index (χ4n) is 7.45. The van der Waals surface area contributed by atoms with E-state index in [1.165, 1.54) is 57.3 Å².